The van der Waals surface area contributed by atoms with Gasteiger partial charge in [0.25, 0.3) is 5.56 Å². The molecule has 0 radical (unpaired) electrons. The summed E-state index contributed by atoms with van der Waals surface area (Å²) in [6, 6.07) is 8.46. The zero-order valence-corrected chi connectivity index (χ0v) is 16.4. The summed E-state index contributed by atoms with van der Waals surface area (Å²) in [7, 11) is 0. The molecule has 1 N–H and O–H groups in total. The predicted octanol–water partition coefficient (Wildman–Crippen LogP) is 4.98. The number of nitrogens with zero attached hydrogens (tertiary/aromatic N) is 1. The summed E-state index contributed by atoms with van der Waals surface area (Å²) in [5.41, 5.74) is 3.29. The summed E-state index contributed by atoms with van der Waals surface area (Å²) in [4.78, 5) is 21.9. The molecule has 0 aliphatic carbocycles. The molecule has 128 valence electrons. The molecular weight excluding hydrogens is 348 g/mol. The molecule has 2 aromatic heterocycles. The van der Waals surface area contributed by atoms with Crippen molar-refractivity contribution in [3.8, 4) is 23.5 Å². The van der Waals surface area contributed by atoms with Crippen LogP contribution in [0.1, 0.15) is 31.2 Å². The summed E-state index contributed by atoms with van der Waals surface area (Å²) in [6.07, 6.45) is 5.29. The fraction of sp³-hybridized carbons (Fsp3) is 0.300. The first-order valence-corrected chi connectivity index (χ1v) is 9.82. The van der Waals surface area contributed by atoms with E-state index in [1.54, 1.807) is 11.3 Å². The summed E-state index contributed by atoms with van der Waals surface area (Å²) >= 11 is 2.92. The van der Waals surface area contributed by atoms with E-state index in [1.165, 1.54) is 17.3 Å². The van der Waals surface area contributed by atoms with Crippen molar-refractivity contribution in [1.82, 2.24) is 9.97 Å². The Morgan fingerprint density at radius 2 is 1.96 bits per heavy atom. The van der Waals surface area contributed by atoms with Crippen LogP contribution in [0.4, 0.5) is 0 Å². The van der Waals surface area contributed by atoms with Crippen molar-refractivity contribution in [2.45, 2.75) is 38.3 Å². The number of thiophene rings is 1. The van der Waals surface area contributed by atoms with E-state index in [0.717, 1.165) is 20.8 Å². The van der Waals surface area contributed by atoms with Crippen LogP contribution < -0.4 is 5.56 Å². The van der Waals surface area contributed by atoms with Crippen LogP contribution in [-0.2, 0) is 5.41 Å². The van der Waals surface area contributed by atoms with Crippen molar-refractivity contribution in [3.63, 3.8) is 0 Å². The number of aromatic nitrogens is 2. The van der Waals surface area contributed by atoms with E-state index in [9.17, 15) is 4.79 Å². The minimum atomic E-state index is -0.108. The zero-order valence-electron chi connectivity index (χ0n) is 14.8. The molecule has 5 heteroatoms. The molecule has 0 saturated carbocycles. The SMILES string of the molecule is C#CCSc1nc2sc(C)c(-c3ccc(C(C)(C)C)cc3)c2c(=O)[nH]1. The summed E-state index contributed by atoms with van der Waals surface area (Å²) in [5.74, 6) is 3.03. The number of thioether (sulfide) groups is 1. The van der Waals surface area contributed by atoms with E-state index >= 15 is 0 Å². The summed E-state index contributed by atoms with van der Waals surface area (Å²) in [6.45, 7) is 8.61. The van der Waals surface area contributed by atoms with Gasteiger partial charge >= 0.3 is 0 Å². The van der Waals surface area contributed by atoms with Gasteiger partial charge in [0.05, 0.1) is 11.1 Å². The third-order valence-electron chi connectivity index (χ3n) is 4.05. The van der Waals surface area contributed by atoms with Crippen LogP contribution in [0.25, 0.3) is 21.3 Å². The van der Waals surface area contributed by atoms with Crippen molar-refractivity contribution in [2.75, 3.05) is 5.75 Å². The maximum atomic E-state index is 12.6. The van der Waals surface area contributed by atoms with Gasteiger partial charge < -0.3 is 4.98 Å². The van der Waals surface area contributed by atoms with E-state index in [1.807, 2.05) is 6.92 Å². The van der Waals surface area contributed by atoms with Gasteiger partial charge in [0.1, 0.15) is 4.83 Å². The molecule has 0 atom stereocenters. The Morgan fingerprint density at radius 3 is 2.56 bits per heavy atom. The first kappa shape index (κ1) is 17.8. The largest absolute Gasteiger partial charge is 0.301 e. The maximum absolute atomic E-state index is 12.6. The predicted molar refractivity (Wildman–Crippen MR) is 109 cm³/mol. The Labute approximate surface area is 155 Å². The lowest BCUT2D eigenvalue weighted by molar-refractivity contribution is 0.590. The van der Waals surface area contributed by atoms with E-state index in [-0.39, 0.29) is 11.0 Å². The van der Waals surface area contributed by atoms with Crippen molar-refractivity contribution in [1.29, 1.82) is 0 Å². The fourth-order valence-electron chi connectivity index (χ4n) is 2.76. The minimum Gasteiger partial charge on any atom is -0.301 e. The van der Waals surface area contributed by atoms with Crippen LogP contribution >= 0.6 is 23.1 Å². The van der Waals surface area contributed by atoms with Gasteiger partial charge in [0.2, 0.25) is 0 Å². The molecule has 3 nitrogen and oxygen atoms in total. The Hall–Kier alpha value is -2.03. The standard InChI is InChI=1S/C20H20N2OS2/c1-6-11-24-19-21-17(23)16-15(12(2)25-18(16)22-19)13-7-9-14(10-8-13)20(3,4)5/h1,7-10H,11H2,2-5H3,(H,21,22,23). The molecular formula is C20H20N2OS2. The number of fused-ring (bicyclic) bond motifs is 1. The number of hydrogen-bond donors (Lipinski definition) is 1. The topological polar surface area (TPSA) is 45.8 Å². The minimum absolute atomic E-state index is 0.104. The molecule has 0 amide bonds. The number of hydrogen-bond acceptors (Lipinski definition) is 4. The van der Waals surface area contributed by atoms with Crippen LogP contribution in [0.5, 0.6) is 0 Å². The number of nitrogens with one attached hydrogen (secondary N) is 1. The first-order valence-electron chi connectivity index (χ1n) is 8.02. The lowest BCUT2D eigenvalue weighted by Gasteiger charge is -2.19. The second-order valence-corrected chi connectivity index (χ2v) is 9.07. The van der Waals surface area contributed by atoms with E-state index < -0.39 is 0 Å². The third kappa shape index (κ3) is 3.51. The van der Waals surface area contributed by atoms with Gasteiger partial charge in [-0.3, -0.25) is 4.79 Å². The highest BCUT2D eigenvalue weighted by Gasteiger charge is 2.18. The average Bonchev–Trinajstić information content (AvgIpc) is 2.88. The van der Waals surface area contributed by atoms with Gasteiger partial charge in [0.15, 0.2) is 5.16 Å². The van der Waals surface area contributed by atoms with Crippen LogP contribution in [-0.4, -0.2) is 15.7 Å². The lowest BCUT2D eigenvalue weighted by Crippen LogP contribution is -2.10. The quantitative estimate of drug-likeness (QED) is 0.403. The van der Waals surface area contributed by atoms with Gasteiger partial charge in [-0.1, -0.05) is 62.7 Å². The molecule has 0 fully saturated rings. The number of aryl methyl sites for hydroxylation is 1. The van der Waals surface area contributed by atoms with Crippen molar-refractivity contribution >= 4 is 33.3 Å². The number of benzene rings is 1. The Kier molecular flexibility index (Phi) is 4.77. The molecule has 0 aliphatic rings. The number of rotatable bonds is 3. The van der Waals surface area contributed by atoms with Crippen LogP contribution in [0.15, 0.2) is 34.2 Å². The fourth-order valence-corrected chi connectivity index (χ4v) is 4.41. The molecule has 0 unspecified atom stereocenters. The van der Waals surface area contributed by atoms with Crippen molar-refractivity contribution < 1.29 is 0 Å². The van der Waals surface area contributed by atoms with Crippen LogP contribution in [0.3, 0.4) is 0 Å². The van der Waals surface area contributed by atoms with Crippen LogP contribution in [0.2, 0.25) is 0 Å². The smallest absolute Gasteiger partial charge is 0.260 e. The monoisotopic (exact) mass is 368 g/mol. The molecule has 0 spiro atoms. The zero-order chi connectivity index (χ0) is 18.2. The van der Waals surface area contributed by atoms with Crippen LogP contribution in [0, 0.1) is 19.3 Å². The first-order chi connectivity index (χ1) is 11.8. The highest BCUT2D eigenvalue weighted by atomic mass is 32.2. The van der Waals surface area contributed by atoms with E-state index in [4.69, 9.17) is 6.42 Å². The molecule has 0 bridgehead atoms. The molecule has 1 aromatic carbocycles. The molecule has 3 aromatic rings. The second kappa shape index (κ2) is 6.70. The molecule has 2 heterocycles. The van der Waals surface area contributed by atoms with E-state index in [2.05, 4.69) is 60.9 Å². The Balaban J connectivity index is 2.12. The second-order valence-electron chi connectivity index (χ2n) is 6.90. The van der Waals surface area contributed by atoms with E-state index in [0.29, 0.717) is 16.3 Å². The molecule has 0 aliphatic heterocycles. The van der Waals surface area contributed by atoms with Gasteiger partial charge in [0, 0.05) is 10.4 Å². The van der Waals surface area contributed by atoms with Crippen molar-refractivity contribution in [3.05, 3.63) is 45.1 Å². The normalized spacial score (nSPS) is 11.6. The van der Waals surface area contributed by atoms with Gasteiger partial charge in [-0.25, -0.2) is 4.98 Å². The highest BCUT2D eigenvalue weighted by Crippen LogP contribution is 2.36. The summed E-state index contributed by atoms with van der Waals surface area (Å²) in [5, 5.41) is 1.24. The lowest BCUT2D eigenvalue weighted by atomic mass is 9.86. The number of H-pyrrole nitrogens is 1. The molecule has 25 heavy (non-hydrogen) atoms. The number of aromatic amines is 1. The highest BCUT2D eigenvalue weighted by molar-refractivity contribution is 7.99. The van der Waals surface area contributed by atoms with Gasteiger partial charge in [-0.2, -0.15) is 0 Å². The Morgan fingerprint density at radius 1 is 1.28 bits per heavy atom. The third-order valence-corrected chi connectivity index (χ3v) is 5.82. The molecule has 3 rings (SSSR count). The average molecular weight is 369 g/mol. The molecule has 0 saturated heterocycles. The summed E-state index contributed by atoms with van der Waals surface area (Å²) < 4.78 is 0. The van der Waals surface area contributed by atoms with Crippen molar-refractivity contribution in [2.24, 2.45) is 0 Å². The van der Waals surface area contributed by atoms with Gasteiger partial charge in [-0.15, -0.1) is 17.8 Å². The maximum Gasteiger partial charge on any atom is 0.260 e. The van der Waals surface area contributed by atoms with Gasteiger partial charge in [-0.05, 0) is 23.5 Å². The Bertz CT molecular complexity index is 1020. The number of terminal acetylenes is 1.